The van der Waals surface area contributed by atoms with Crippen LogP contribution in [0.3, 0.4) is 0 Å². The molecule has 0 aromatic heterocycles. The molecule has 0 amide bonds. The fraction of sp³-hybridized carbons (Fsp3) is 0.882. The normalized spacial score (nSPS) is 23.4. The number of carbonyl (C=O) groups excluding carboxylic acids is 6. The third-order valence-corrected chi connectivity index (χ3v) is 13.3. The minimum atomic E-state index is -3.75. The lowest BCUT2D eigenvalue weighted by Gasteiger charge is -2.58. The largest absolute Gasteiger partial charge is 0.457 e. The van der Waals surface area contributed by atoms with Crippen molar-refractivity contribution in [2.24, 2.45) is 0 Å². The molecule has 0 aromatic rings. The quantitative estimate of drug-likeness (QED) is 0.0287. The first-order valence-electron chi connectivity index (χ1n) is 25.4. The number of hydrogen-bond donors (Lipinski definition) is 5. The van der Waals surface area contributed by atoms with Crippen LogP contribution >= 0.6 is 0 Å². The second kappa shape index (κ2) is 33.1. The summed E-state index contributed by atoms with van der Waals surface area (Å²) >= 11 is 0. The van der Waals surface area contributed by atoms with Gasteiger partial charge in [0.05, 0.1) is 6.61 Å². The van der Waals surface area contributed by atoms with Crippen molar-refractivity contribution in [2.75, 3.05) is 6.61 Å². The van der Waals surface area contributed by atoms with Crippen LogP contribution in [0.2, 0.25) is 0 Å². The number of esters is 1. The van der Waals surface area contributed by atoms with Crippen LogP contribution < -0.4 is 0 Å². The van der Waals surface area contributed by atoms with E-state index in [4.69, 9.17) is 14.2 Å². The Morgan fingerprint density at radius 1 is 0.508 bits per heavy atom. The number of ketones is 5. The van der Waals surface area contributed by atoms with Gasteiger partial charge in [-0.1, -0.05) is 181 Å². The summed E-state index contributed by atoms with van der Waals surface area (Å²) in [5.74, 6) is -6.86. The summed E-state index contributed by atoms with van der Waals surface area (Å²) in [6.45, 7) is 6.44. The first-order valence-corrected chi connectivity index (χ1v) is 25.4. The molecule has 14 heteroatoms. The molecule has 0 bridgehead atoms. The Kier molecular flexibility index (Phi) is 30.8. The molecular weight excluding hydrogens is 837 g/mol. The lowest BCUT2D eigenvalue weighted by molar-refractivity contribution is -0.374. The second-order valence-corrected chi connectivity index (χ2v) is 18.8. The molecule has 1 aliphatic rings. The zero-order chi connectivity index (χ0) is 48.9. The molecule has 0 aliphatic carbocycles. The van der Waals surface area contributed by atoms with Crippen LogP contribution in [0.25, 0.3) is 0 Å². The number of hydrogen-bond acceptors (Lipinski definition) is 14. The Balaban J connectivity index is 3.00. The second-order valence-electron chi connectivity index (χ2n) is 18.8. The van der Waals surface area contributed by atoms with Crippen molar-refractivity contribution < 1.29 is 68.5 Å². The third-order valence-electron chi connectivity index (χ3n) is 13.3. The van der Waals surface area contributed by atoms with E-state index in [9.17, 15) is 54.3 Å². The summed E-state index contributed by atoms with van der Waals surface area (Å²) in [7, 11) is 0. The lowest BCUT2D eigenvalue weighted by Crippen LogP contribution is -2.87. The number of Topliss-reactive ketones (excluding diaryl/α,β-unsaturated/α-hetero) is 5. The average molecular weight is 927 g/mol. The molecule has 5 N–H and O–H groups in total. The number of aliphatic hydroxyl groups is 5. The van der Waals surface area contributed by atoms with E-state index in [-0.39, 0.29) is 12.8 Å². The Morgan fingerprint density at radius 3 is 1.20 bits per heavy atom. The highest BCUT2D eigenvalue weighted by molar-refractivity contribution is 6.05. The molecule has 1 heterocycles. The van der Waals surface area contributed by atoms with Crippen LogP contribution in [0.5, 0.6) is 0 Å². The van der Waals surface area contributed by atoms with Crippen molar-refractivity contribution in [3.05, 3.63) is 0 Å². The Morgan fingerprint density at radius 2 is 0.862 bits per heavy atom. The average Bonchev–Trinajstić information content (AvgIpc) is 3.26. The van der Waals surface area contributed by atoms with Gasteiger partial charge in [0.2, 0.25) is 11.2 Å². The standard InChI is InChI=1S/C51H90O14/c1-7-9-11-13-15-17-19-21-22-24-26-28-30-32-34-36-44(57)64-43(46(59)42(56)35-33-31-29-27-25-23-20-18-16-14-12-10-8-2)37-63-48-50(61,40(5)54)51(62,41(6)55)49(60,39(4)53)47(65-48)45(58)38(3)52/h43,45-48,58-62H,7-37H2,1-6H3/t43?,45?,46?,47-,48?,49-,50+,51+/m1/s1. The van der Waals surface area contributed by atoms with E-state index in [2.05, 4.69) is 13.8 Å². The molecule has 1 saturated heterocycles. The highest BCUT2D eigenvalue weighted by Crippen LogP contribution is 2.48. The monoisotopic (exact) mass is 927 g/mol. The van der Waals surface area contributed by atoms with Gasteiger partial charge in [0, 0.05) is 12.8 Å². The highest BCUT2D eigenvalue weighted by Gasteiger charge is 2.79. The molecule has 0 aromatic carbocycles. The van der Waals surface area contributed by atoms with E-state index < -0.39 is 89.0 Å². The van der Waals surface area contributed by atoms with Gasteiger partial charge in [-0.05, 0) is 40.5 Å². The molecule has 0 radical (unpaired) electrons. The van der Waals surface area contributed by atoms with Crippen LogP contribution in [-0.4, -0.2) is 115 Å². The SMILES string of the molecule is CCCCCCCCCCCCCCCCCC(=O)OC(COC1O[C@H](C(O)C(C)=O)[C@](O)(C(C)=O)[C@@](O)(C(C)=O)[C@]1(O)C(C)=O)C(O)C(=O)CCCCCCCCCCCCCCC. The van der Waals surface area contributed by atoms with Crippen molar-refractivity contribution >= 4 is 34.9 Å². The molecule has 14 nitrogen and oxygen atoms in total. The Hall–Kier alpha value is -2.46. The number of aliphatic hydroxyl groups excluding tert-OH is 2. The number of unbranched alkanes of at least 4 members (excludes halogenated alkanes) is 26. The maximum atomic E-state index is 13.4. The zero-order valence-electron chi connectivity index (χ0n) is 41.2. The molecule has 1 rings (SSSR count). The van der Waals surface area contributed by atoms with E-state index >= 15 is 0 Å². The third kappa shape index (κ3) is 19.2. The predicted molar refractivity (Wildman–Crippen MR) is 249 cm³/mol. The Labute approximate surface area is 390 Å². The van der Waals surface area contributed by atoms with Gasteiger partial charge in [0.1, 0.15) is 12.2 Å². The minimum Gasteiger partial charge on any atom is -0.457 e. The number of carbonyl (C=O) groups is 6. The van der Waals surface area contributed by atoms with Gasteiger partial charge in [-0.2, -0.15) is 0 Å². The minimum absolute atomic E-state index is 0.0472. The Bertz CT molecular complexity index is 1400. The van der Waals surface area contributed by atoms with Crippen LogP contribution in [0, 0.1) is 0 Å². The predicted octanol–water partition coefficient (Wildman–Crippen LogP) is 8.22. The number of rotatable bonds is 41. The first kappa shape index (κ1) is 60.6. The summed E-state index contributed by atoms with van der Waals surface area (Å²) in [4.78, 5) is 78.3. The van der Waals surface area contributed by atoms with Crippen molar-refractivity contribution in [2.45, 2.75) is 282 Å². The van der Waals surface area contributed by atoms with E-state index in [0.29, 0.717) is 26.7 Å². The van der Waals surface area contributed by atoms with Crippen LogP contribution in [0.1, 0.15) is 234 Å². The van der Waals surface area contributed by atoms with Gasteiger partial charge in [-0.25, -0.2) is 0 Å². The molecule has 0 saturated carbocycles. The van der Waals surface area contributed by atoms with Gasteiger partial charge in [0.25, 0.3) is 0 Å². The van der Waals surface area contributed by atoms with Crippen molar-refractivity contribution in [3.63, 3.8) is 0 Å². The van der Waals surface area contributed by atoms with Gasteiger partial charge < -0.3 is 39.7 Å². The van der Waals surface area contributed by atoms with Gasteiger partial charge >= 0.3 is 5.97 Å². The number of ether oxygens (including phenoxy) is 3. The first-order chi connectivity index (χ1) is 30.9. The van der Waals surface area contributed by atoms with Crippen LogP contribution in [-0.2, 0) is 43.0 Å². The maximum Gasteiger partial charge on any atom is 0.306 e. The topological polar surface area (TPSA) is 231 Å². The van der Waals surface area contributed by atoms with E-state index in [1.807, 2.05) is 0 Å². The fourth-order valence-electron chi connectivity index (χ4n) is 9.00. The summed E-state index contributed by atoms with van der Waals surface area (Å²) in [5.41, 5.74) is -10.9. The molecule has 65 heavy (non-hydrogen) atoms. The maximum absolute atomic E-state index is 13.4. The summed E-state index contributed by atoms with van der Waals surface area (Å²) < 4.78 is 16.8. The van der Waals surface area contributed by atoms with E-state index in [1.54, 1.807) is 0 Å². The molecular formula is C51H90O14. The van der Waals surface area contributed by atoms with Gasteiger partial charge in [-0.15, -0.1) is 0 Å². The lowest BCUT2D eigenvalue weighted by atomic mass is 9.60. The molecule has 0 spiro atoms. The van der Waals surface area contributed by atoms with E-state index in [0.717, 1.165) is 71.6 Å². The smallest absolute Gasteiger partial charge is 0.306 e. The molecule has 4 unspecified atom stereocenters. The highest BCUT2D eigenvalue weighted by atomic mass is 16.7. The van der Waals surface area contributed by atoms with Gasteiger partial charge in [-0.3, -0.25) is 28.8 Å². The van der Waals surface area contributed by atoms with Crippen molar-refractivity contribution in [3.8, 4) is 0 Å². The van der Waals surface area contributed by atoms with E-state index in [1.165, 1.54) is 109 Å². The molecule has 1 aliphatic heterocycles. The summed E-state index contributed by atoms with van der Waals surface area (Å²) in [6, 6.07) is 0. The summed E-state index contributed by atoms with van der Waals surface area (Å²) in [5, 5.41) is 57.5. The zero-order valence-corrected chi connectivity index (χ0v) is 41.2. The molecule has 8 atom stereocenters. The van der Waals surface area contributed by atoms with Crippen molar-refractivity contribution in [1.29, 1.82) is 0 Å². The van der Waals surface area contributed by atoms with Gasteiger partial charge in [0.15, 0.2) is 53.0 Å². The van der Waals surface area contributed by atoms with Crippen LogP contribution in [0.4, 0.5) is 0 Å². The molecule has 1 fully saturated rings. The van der Waals surface area contributed by atoms with Crippen LogP contribution in [0.15, 0.2) is 0 Å². The molecule has 378 valence electrons. The summed E-state index contributed by atoms with van der Waals surface area (Å²) in [6.07, 6.45) is 20.1. The van der Waals surface area contributed by atoms with Crippen molar-refractivity contribution in [1.82, 2.24) is 0 Å². The fourth-order valence-corrected chi connectivity index (χ4v) is 9.00.